The van der Waals surface area contributed by atoms with E-state index < -0.39 is 5.60 Å². The van der Waals surface area contributed by atoms with E-state index in [0.29, 0.717) is 51.4 Å². The molecule has 1 aromatic heterocycles. The Morgan fingerprint density at radius 3 is 2.46 bits per heavy atom. The van der Waals surface area contributed by atoms with E-state index >= 15 is 0 Å². The topological polar surface area (TPSA) is 76.8 Å². The van der Waals surface area contributed by atoms with Crippen molar-refractivity contribution in [3.63, 3.8) is 0 Å². The highest BCUT2D eigenvalue weighted by Crippen LogP contribution is 2.38. The van der Waals surface area contributed by atoms with Crippen LogP contribution < -0.4 is 5.56 Å². The maximum atomic E-state index is 12.1. The highest BCUT2D eigenvalue weighted by atomic mass is 16.6. The standard InChI is InChI=1S/C19H29N3O4/c23-18-4-3-17(16-1-2-16)20-22(18)11-15-5-7-21(8-6-15)12-19(24)13-25-9-10-26-14-19/h3-4,15-16,24H,1-2,5-14H2. The van der Waals surface area contributed by atoms with Gasteiger partial charge in [0.15, 0.2) is 0 Å². The maximum Gasteiger partial charge on any atom is 0.266 e. The van der Waals surface area contributed by atoms with Gasteiger partial charge in [-0.3, -0.25) is 4.79 Å². The zero-order valence-corrected chi connectivity index (χ0v) is 15.3. The number of β-amino-alcohol motifs (C(OH)–C–C–N with tert-alkyl or cyclic N) is 1. The molecule has 2 aliphatic heterocycles. The minimum absolute atomic E-state index is 0.00102. The second kappa shape index (κ2) is 7.76. The predicted molar refractivity (Wildman–Crippen MR) is 96.2 cm³/mol. The van der Waals surface area contributed by atoms with Crippen LogP contribution in [0.2, 0.25) is 0 Å². The van der Waals surface area contributed by atoms with E-state index in [1.54, 1.807) is 10.7 Å². The first-order valence-electron chi connectivity index (χ1n) is 9.80. The summed E-state index contributed by atoms with van der Waals surface area (Å²) < 4.78 is 12.6. The molecule has 7 heteroatoms. The summed E-state index contributed by atoms with van der Waals surface area (Å²) in [5.41, 5.74) is 0.150. The molecule has 0 radical (unpaired) electrons. The van der Waals surface area contributed by atoms with Crippen LogP contribution in [0.1, 0.15) is 37.3 Å². The quantitative estimate of drug-likeness (QED) is 0.826. The summed E-state index contributed by atoms with van der Waals surface area (Å²) in [5.74, 6) is 1.02. The van der Waals surface area contributed by atoms with Crippen molar-refractivity contribution in [3.05, 3.63) is 28.2 Å². The summed E-state index contributed by atoms with van der Waals surface area (Å²) in [5, 5.41) is 15.3. The van der Waals surface area contributed by atoms with Crippen molar-refractivity contribution in [1.29, 1.82) is 0 Å². The Hall–Kier alpha value is -1.28. The minimum atomic E-state index is -0.916. The Kier molecular flexibility index (Phi) is 5.40. The van der Waals surface area contributed by atoms with E-state index in [1.165, 1.54) is 12.8 Å². The van der Waals surface area contributed by atoms with Gasteiger partial charge in [-0.15, -0.1) is 0 Å². The zero-order valence-electron chi connectivity index (χ0n) is 15.3. The van der Waals surface area contributed by atoms with Crippen molar-refractivity contribution in [1.82, 2.24) is 14.7 Å². The first-order valence-corrected chi connectivity index (χ1v) is 9.80. The van der Waals surface area contributed by atoms with E-state index in [9.17, 15) is 9.90 Å². The van der Waals surface area contributed by atoms with Crippen LogP contribution in [0.5, 0.6) is 0 Å². The average molecular weight is 363 g/mol. The van der Waals surface area contributed by atoms with Gasteiger partial charge in [-0.05, 0) is 50.8 Å². The molecule has 3 fully saturated rings. The Labute approximate surface area is 153 Å². The molecule has 3 heterocycles. The lowest BCUT2D eigenvalue weighted by Crippen LogP contribution is -2.51. The van der Waals surface area contributed by atoms with Gasteiger partial charge in [0.05, 0.1) is 32.1 Å². The summed E-state index contributed by atoms with van der Waals surface area (Å²) in [6.45, 7) is 4.88. The molecular weight excluding hydrogens is 334 g/mol. The van der Waals surface area contributed by atoms with Gasteiger partial charge in [-0.1, -0.05) is 0 Å². The number of rotatable bonds is 5. The molecule has 1 N–H and O–H groups in total. The monoisotopic (exact) mass is 363 g/mol. The largest absolute Gasteiger partial charge is 0.384 e. The number of ether oxygens (including phenoxy) is 2. The second-order valence-corrected chi connectivity index (χ2v) is 8.10. The van der Waals surface area contributed by atoms with Crippen molar-refractivity contribution in [2.24, 2.45) is 5.92 Å². The first-order chi connectivity index (χ1) is 12.6. The SMILES string of the molecule is O=c1ccc(C2CC2)nn1CC1CCN(CC2(O)COCCOC2)CC1. The molecule has 144 valence electrons. The highest BCUT2D eigenvalue weighted by Gasteiger charge is 2.33. The molecule has 26 heavy (non-hydrogen) atoms. The van der Waals surface area contributed by atoms with Crippen molar-refractivity contribution in [2.45, 2.75) is 43.7 Å². The Balaban J connectivity index is 1.30. The zero-order chi connectivity index (χ0) is 18.0. The van der Waals surface area contributed by atoms with Crippen LogP contribution in [0, 0.1) is 5.92 Å². The third-order valence-electron chi connectivity index (χ3n) is 5.65. The molecule has 1 saturated carbocycles. The van der Waals surface area contributed by atoms with E-state index in [2.05, 4.69) is 10.00 Å². The predicted octanol–water partition coefficient (Wildman–Crippen LogP) is 0.611. The molecular formula is C19H29N3O4. The number of nitrogens with zero attached hydrogens (tertiary/aromatic N) is 3. The third kappa shape index (κ3) is 4.52. The van der Waals surface area contributed by atoms with Crippen LogP contribution in [0.4, 0.5) is 0 Å². The van der Waals surface area contributed by atoms with Crippen molar-refractivity contribution in [2.75, 3.05) is 46.1 Å². The van der Waals surface area contributed by atoms with Gasteiger partial charge in [-0.25, -0.2) is 4.68 Å². The molecule has 3 aliphatic rings. The van der Waals surface area contributed by atoms with Gasteiger partial charge in [0.1, 0.15) is 5.60 Å². The van der Waals surface area contributed by atoms with Gasteiger partial charge in [0.25, 0.3) is 5.56 Å². The average Bonchev–Trinajstić information content (AvgIpc) is 3.47. The number of hydrogen-bond donors (Lipinski definition) is 1. The van der Waals surface area contributed by atoms with Crippen molar-refractivity contribution in [3.8, 4) is 0 Å². The number of piperidine rings is 1. The fourth-order valence-corrected chi connectivity index (χ4v) is 3.96. The Morgan fingerprint density at radius 2 is 1.81 bits per heavy atom. The van der Waals surface area contributed by atoms with Gasteiger partial charge in [0.2, 0.25) is 0 Å². The van der Waals surface area contributed by atoms with Crippen LogP contribution in [-0.2, 0) is 16.0 Å². The number of aliphatic hydroxyl groups is 1. The fourth-order valence-electron chi connectivity index (χ4n) is 3.96. The molecule has 2 saturated heterocycles. The van der Waals surface area contributed by atoms with E-state index in [0.717, 1.165) is 31.6 Å². The molecule has 0 spiro atoms. The van der Waals surface area contributed by atoms with Gasteiger partial charge in [0, 0.05) is 25.1 Å². The van der Waals surface area contributed by atoms with Crippen LogP contribution in [0.15, 0.2) is 16.9 Å². The van der Waals surface area contributed by atoms with Crippen LogP contribution in [0.25, 0.3) is 0 Å². The molecule has 1 aliphatic carbocycles. The normalized spacial score (nSPS) is 25.1. The molecule has 7 nitrogen and oxygen atoms in total. The van der Waals surface area contributed by atoms with Gasteiger partial charge >= 0.3 is 0 Å². The molecule has 0 unspecified atom stereocenters. The molecule has 0 amide bonds. The molecule has 4 rings (SSSR count). The molecule has 1 aromatic rings. The van der Waals surface area contributed by atoms with Crippen LogP contribution in [0.3, 0.4) is 0 Å². The first kappa shape index (κ1) is 18.1. The summed E-state index contributed by atoms with van der Waals surface area (Å²) in [6, 6.07) is 3.55. The van der Waals surface area contributed by atoms with Crippen molar-refractivity contribution < 1.29 is 14.6 Å². The fraction of sp³-hybridized carbons (Fsp3) is 0.789. The smallest absolute Gasteiger partial charge is 0.266 e. The van der Waals surface area contributed by atoms with Crippen LogP contribution in [-0.4, -0.2) is 71.4 Å². The van der Waals surface area contributed by atoms with E-state index in [-0.39, 0.29) is 5.56 Å². The summed E-state index contributed by atoms with van der Waals surface area (Å²) in [7, 11) is 0. The summed E-state index contributed by atoms with van der Waals surface area (Å²) in [4.78, 5) is 14.4. The van der Waals surface area contributed by atoms with E-state index in [4.69, 9.17) is 9.47 Å². The molecule has 0 bridgehead atoms. The lowest BCUT2D eigenvalue weighted by Gasteiger charge is -2.37. The van der Waals surface area contributed by atoms with Gasteiger partial charge in [-0.2, -0.15) is 5.10 Å². The minimum Gasteiger partial charge on any atom is -0.384 e. The van der Waals surface area contributed by atoms with E-state index in [1.807, 2.05) is 6.07 Å². The Morgan fingerprint density at radius 1 is 1.12 bits per heavy atom. The number of hydrogen-bond acceptors (Lipinski definition) is 6. The lowest BCUT2D eigenvalue weighted by atomic mass is 9.95. The van der Waals surface area contributed by atoms with Crippen LogP contribution >= 0.6 is 0 Å². The number of likely N-dealkylation sites (tertiary alicyclic amines) is 1. The second-order valence-electron chi connectivity index (χ2n) is 8.10. The van der Waals surface area contributed by atoms with Crippen molar-refractivity contribution >= 4 is 0 Å². The Bertz CT molecular complexity index is 657. The maximum absolute atomic E-state index is 12.1. The summed E-state index contributed by atoms with van der Waals surface area (Å²) in [6.07, 6.45) is 4.42. The third-order valence-corrected chi connectivity index (χ3v) is 5.65. The molecule has 0 atom stereocenters. The highest BCUT2D eigenvalue weighted by molar-refractivity contribution is 5.12. The molecule has 0 aromatic carbocycles. The summed E-state index contributed by atoms with van der Waals surface area (Å²) >= 11 is 0. The lowest BCUT2D eigenvalue weighted by molar-refractivity contribution is -0.0781. The number of aromatic nitrogens is 2. The van der Waals surface area contributed by atoms with Gasteiger partial charge < -0.3 is 19.5 Å².